The van der Waals surface area contributed by atoms with Crippen molar-refractivity contribution in [2.45, 2.75) is 11.1 Å². The molecule has 11 heteroatoms. The predicted octanol–water partition coefficient (Wildman–Crippen LogP) is 2.96. The number of nitro groups is 1. The van der Waals surface area contributed by atoms with E-state index < -0.39 is 44.0 Å². The Morgan fingerprint density at radius 3 is 2.28 bits per heavy atom. The van der Waals surface area contributed by atoms with Gasteiger partial charge in [0.1, 0.15) is 10.5 Å². The van der Waals surface area contributed by atoms with E-state index in [4.69, 9.17) is 0 Å². The molecular formula is C14H7F3N2O5S. The van der Waals surface area contributed by atoms with Crippen molar-refractivity contribution in [3.8, 4) is 0 Å². The van der Waals surface area contributed by atoms with E-state index in [0.29, 0.717) is 6.07 Å². The van der Waals surface area contributed by atoms with E-state index in [2.05, 4.69) is 0 Å². The molecule has 7 nitrogen and oxygen atoms in total. The van der Waals surface area contributed by atoms with Crippen LogP contribution >= 0.6 is 0 Å². The van der Waals surface area contributed by atoms with E-state index >= 15 is 0 Å². The molecule has 0 saturated heterocycles. The third kappa shape index (κ3) is 2.52. The normalized spacial score (nSPS) is 16.0. The van der Waals surface area contributed by atoms with Crippen LogP contribution in [0.25, 0.3) is 0 Å². The van der Waals surface area contributed by atoms with E-state index in [0.717, 1.165) is 12.1 Å². The van der Waals surface area contributed by atoms with Crippen LogP contribution in [0.2, 0.25) is 0 Å². The molecule has 0 N–H and O–H groups in total. The van der Waals surface area contributed by atoms with Gasteiger partial charge in [-0.1, -0.05) is 12.1 Å². The molecule has 0 saturated carbocycles. The SMILES string of the molecule is O=C1c2ccccc2S(=O)(=O)N1c1ccc([N+](=O)[O-])c(C(F)(F)F)c1. The predicted molar refractivity (Wildman–Crippen MR) is 78.5 cm³/mol. The van der Waals surface area contributed by atoms with E-state index in [9.17, 15) is 36.5 Å². The van der Waals surface area contributed by atoms with Crippen LogP contribution < -0.4 is 4.31 Å². The van der Waals surface area contributed by atoms with Crippen LogP contribution in [0.15, 0.2) is 47.4 Å². The van der Waals surface area contributed by atoms with Gasteiger partial charge < -0.3 is 0 Å². The molecule has 0 radical (unpaired) electrons. The lowest BCUT2D eigenvalue weighted by atomic mass is 10.1. The highest BCUT2D eigenvalue weighted by Crippen LogP contribution is 2.41. The third-order valence-corrected chi connectivity index (χ3v) is 5.31. The quantitative estimate of drug-likeness (QED) is 0.596. The fraction of sp³-hybridized carbons (Fsp3) is 0.0714. The minimum Gasteiger partial charge on any atom is -0.268 e. The number of sulfonamides is 1. The van der Waals surface area contributed by atoms with Crippen LogP contribution in [0.5, 0.6) is 0 Å². The van der Waals surface area contributed by atoms with Gasteiger partial charge in [-0.3, -0.25) is 14.9 Å². The molecule has 0 aromatic heterocycles. The Balaban J connectivity index is 2.22. The first-order valence-electron chi connectivity index (χ1n) is 6.59. The Bertz CT molecular complexity index is 1020. The standard InChI is InChI=1S/C14H7F3N2O5S/c15-14(16,17)10-7-8(5-6-11(10)19(21)22)18-13(20)9-3-1-2-4-12(9)25(18,23)24/h1-7H. The zero-order valence-corrected chi connectivity index (χ0v) is 12.8. The van der Waals surface area contributed by atoms with Gasteiger partial charge in [0, 0.05) is 6.07 Å². The lowest BCUT2D eigenvalue weighted by Crippen LogP contribution is -2.30. The monoisotopic (exact) mass is 372 g/mol. The fourth-order valence-electron chi connectivity index (χ4n) is 2.48. The zero-order chi connectivity index (χ0) is 18.6. The van der Waals surface area contributed by atoms with Crippen LogP contribution in [-0.2, 0) is 16.2 Å². The van der Waals surface area contributed by atoms with Gasteiger partial charge in [-0.2, -0.15) is 17.5 Å². The van der Waals surface area contributed by atoms with Gasteiger partial charge in [0.15, 0.2) is 0 Å². The third-order valence-electron chi connectivity index (χ3n) is 3.54. The smallest absolute Gasteiger partial charge is 0.268 e. The van der Waals surface area contributed by atoms with Crippen LogP contribution in [0.4, 0.5) is 24.5 Å². The molecule has 25 heavy (non-hydrogen) atoms. The summed E-state index contributed by atoms with van der Waals surface area (Å²) in [6.45, 7) is 0. The second kappa shape index (κ2) is 5.28. The van der Waals surface area contributed by atoms with Crippen molar-refractivity contribution < 1.29 is 31.3 Å². The Labute approximate surface area is 138 Å². The topological polar surface area (TPSA) is 97.6 Å². The van der Waals surface area contributed by atoms with E-state index in [1.165, 1.54) is 18.2 Å². The van der Waals surface area contributed by atoms with Gasteiger partial charge in [0.05, 0.1) is 16.2 Å². The number of carbonyl (C=O) groups is 1. The van der Waals surface area contributed by atoms with E-state index in [-0.39, 0.29) is 20.8 Å². The van der Waals surface area contributed by atoms with Crippen molar-refractivity contribution in [1.82, 2.24) is 0 Å². The Morgan fingerprint density at radius 2 is 1.72 bits per heavy atom. The average Bonchev–Trinajstić information content (AvgIpc) is 2.73. The number of rotatable bonds is 2. The first kappa shape index (κ1) is 16.9. The molecule has 1 aliphatic heterocycles. The lowest BCUT2D eigenvalue weighted by Gasteiger charge is -2.17. The molecule has 1 amide bonds. The molecule has 0 fully saturated rings. The summed E-state index contributed by atoms with van der Waals surface area (Å²) in [5, 5.41) is 10.8. The van der Waals surface area contributed by atoms with Crippen LogP contribution in [0, 0.1) is 10.1 Å². The van der Waals surface area contributed by atoms with Crippen molar-refractivity contribution in [3.63, 3.8) is 0 Å². The van der Waals surface area contributed by atoms with Gasteiger partial charge in [0.2, 0.25) is 0 Å². The summed E-state index contributed by atoms with van der Waals surface area (Å²) in [4.78, 5) is 21.5. The molecule has 2 aromatic carbocycles. The summed E-state index contributed by atoms with van der Waals surface area (Å²) in [5.41, 5.74) is -3.69. The maximum atomic E-state index is 13.1. The number of alkyl halides is 3. The summed E-state index contributed by atoms with van der Waals surface area (Å²) in [5.74, 6) is -1.03. The number of nitrogens with zero attached hydrogens (tertiary/aromatic N) is 2. The van der Waals surface area contributed by atoms with Crippen molar-refractivity contribution >= 4 is 27.3 Å². The molecule has 2 aromatic rings. The van der Waals surface area contributed by atoms with E-state index in [1.54, 1.807) is 0 Å². The number of amides is 1. The van der Waals surface area contributed by atoms with Crippen LogP contribution in [0.3, 0.4) is 0 Å². The fourth-order valence-corrected chi connectivity index (χ4v) is 4.07. The largest absolute Gasteiger partial charge is 0.423 e. The number of benzene rings is 2. The summed E-state index contributed by atoms with van der Waals surface area (Å²) < 4.78 is 64.3. The number of anilines is 1. The number of nitro benzene ring substituents is 1. The number of halogens is 3. The van der Waals surface area contributed by atoms with E-state index in [1.807, 2.05) is 0 Å². The zero-order valence-electron chi connectivity index (χ0n) is 12.0. The Kier molecular flexibility index (Phi) is 3.56. The molecule has 0 bridgehead atoms. The van der Waals surface area contributed by atoms with Gasteiger partial charge in [-0.05, 0) is 24.3 Å². The second-order valence-electron chi connectivity index (χ2n) is 5.03. The van der Waals surface area contributed by atoms with Gasteiger partial charge in [-0.25, -0.2) is 8.42 Å². The Hall–Kier alpha value is -2.95. The van der Waals surface area contributed by atoms with Crippen LogP contribution in [0.1, 0.15) is 15.9 Å². The summed E-state index contributed by atoms with van der Waals surface area (Å²) in [6.07, 6.45) is -5.10. The van der Waals surface area contributed by atoms with Gasteiger partial charge in [0.25, 0.3) is 21.6 Å². The highest BCUT2D eigenvalue weighted by molar-refractivity contribution is 7.94. The Morgan fingerprint density at radius 1 is 1.08 bits per heavy atom. The molecule has 1 heterocycles. The van der Waals surface area contributed by atoms with Gasteiger partial charge >= 0.3 is 6.18 Å². The molecule has 3 rings (SSSR count). The first-order valence-corrected chi connectivity index (χ1v) is 8.03. The minimum atomic E-state index is -5.10. The average molecular weight is 372 g/mol. The second-order valence-corrected chi connectivity index (χ2v) is 6.78. The number of carbonyl (C=O) groups excluding carboxylic acids is 1. The van der Waals surface area contributed by atoms with Crippen molar-refractivity contribution in [3.05, 3.63) is 63.7 Å². The highest BCUT2D eigenvalue weighted by Gasteiger charge is 2.44. The van der Waals surface area contributed by atoms with Crippen molar-refractivity contribution in [2.24, 2.45) is 0 Å². The molecule has 0 spiro atoms. The van der Waals surface area contributed by atoms with Gasteiger partial charge in [-0.15, -0.1) is 0 Å². The summed E-state index contributed by atoms with van der Waals surface area (Å²) >= 11 is 0. The lowest BCUT2D eigenvalue weighted by molar-refractivity contribution is -0.388. The molecular weight excluding hydrogens is 365 g/mol. The highest BCUT2D eigenvalue weighted by atomic mass is 32.2. The minimum absolute atomic E-state index is 0.186. The summed E-state index contributed by atoms with van der Waals surface area (Å²) in [6, 6.07) is 6.74. The molecule has 0 atom stereocenters. The number of hydrogen-bond acceptors (Lipinski definition) is 5. The molecule has 0 aliphatic carbocycles. The summed E-state index contributed by atoms with van der Waals surface area (Å²) in [7, 11) is -4.40. The molecule has 1 aliphatic rings. The molecule has 130 valence electrons. The van der Waals surface area contributed by atoms with Crippen molar-refractivity contribution in [2.75, 3.05) is 4.31 Å². The maximum Gasteiger partial charge on any atom is 0.423 e. The maximum absolute atomic E-state index is 13.1. The number of hydrogen-bond donors (Lipinski definition) is 0. The number of fused-ring (bicyclic) bond motifs is 1. The molecule has 0 unspecified atom stereocenters. The van der Waals surface area contributed by atoms with Crippen molar-refractivity contribution in [1.29, 1.82) is 0 Å². The first-order chi connectivity index (χ1) is 11.5. The van der Waals surface area contributed by atoms with Crippen LogP contribution in [-0.4, -0.2) is 19.2 Å².